The maximum absolute atomic E-state index is 12.4. The molecular formula is C16H13BrN2O3S. The highest BCUT2D eigenvalue weighted by Gasteiger charge is 2.16. The second kappa shape index (κ2) is 6.66. The number of hydrogen-bond donors (Lipinski definition) is 1. The van der Waals surface area contributed by atoms with Gasteiger partial charge in [0.1, 0.15) is 5.69 Å². The molecule has 0 amide bonds. The Kier molecular flexibility index (Phi) is 4.61. The van der Waals surface area contributed by atoms with Gasteiger partial charge >= 0.3 is 0 Å². The van der Waals surface area contributed by atoms with E-state index < -0.39 is 10.0 Å². The van der Waals surface area contributed by atoms with Crippen molar-refractivity contribution < 1.29 is 12.8 Å². The quantitative estimate of drug-likeness (QED) is 0.719. The fourth-order valence-corrected chi connectivity index (χ4v) is 4.08. The van der Waals surface area contributed by atoms with Crippen LogP contribution in [0.3, 0.4) is 0 Å². The Morgan fingerprint density at radius 3 is 2.70 bits per heavy atom. The summed E-state index contributed by atoms with van der Waals surface area (Å²) in [6.07, 6.45) is 3.19. The van der Waals surface area contributed by atoms with E-state index in [2.05, 4.69) is 25.6 Å². The molecule has 2 aromatic heterocycles. The molecule has 0 aliphatic heterocycles. The first-order valence-electron chi connectivity index (χ1n) is 6.79. The zero-order chi connectivity index (χ0) is 16.3. The molecule has 0 saturated heterocycles. The van der Waals surface area contributed by atoms with Gasteiger partial charge in [-0.3, -0.25) is 4.98 Å². The van der Waals surface area contributed by atoms with E-state index in [1.807, 2.05) is 0 Å². The van der Waals surface area contributed by atoms with E-state index in [1.165, 1.54) is 0 Å². The molecule has 0 fully saturated rings. The average molecular weight is 393 g/mol. The number of halogens is 1. The molecule has 7 heteroatoms. The summed E-state index contributed by atoms with van der Waals surface area (Å²) in [6, 6.07) is 13.8. The van der Waals surface area contributed by atoms with Crippen LogP contribution in [-0.2, 0) is 16.6 Å². The first-order valence-corrected chi connectivity index (χ1v) is 9.07. The highest BCUT2D eigenvalue weighted by atomic mass is 79.9. The fraction of sp³-hybridized carbons (Fsp3) is 0.0625. The Morgan fingerprint density at radius 2 is 1.96 bits per heavy atom. The lowest BCUT2D eigenvalue weighted by atomic mass is 10.2. The predicted molar refractivity (Wildman–Crippen MR) is 90.1 cm³/mol. The monoisotopic (exact) mass is 392 g/mol. The van der Waals surface area contributed by atoms with E-state index in [4.69, 9.17) is 4.42 Å². The van der Waals surface area contributed by atoms with E-state index in [0.717, 1.165) is 5.56 Å². The second-order valence-corrected chi connectivity index (χ2v) is 7.37. The van der Waals surface area contributed by atoms with Gasteiger partial charge in [-0.05, 0) is 57.9 Å². The molecule has 2 heterocycles. The zero-order valence-electron chi connectivity index (χ0n) is 11.9. The molecule has 0 spiro atoms. The van der Waals surface area contributed by atoms with Crippen molar-refractivity contribution in [2.75, 3.05) is 0 Å². The highest BCUT2D eigenvalue weighted by molar-refractivity contribution is 9.10. The Bertz CT molecular complexity index is 909. The van der Waals surface area contributed by atoms with Crippen LogP contribution in [0, 0.1) is 0 Å². The molecule has 118 valence electrons. The third kappa shape index (κ3) is 3.69. The number of nitrogens with one attached hydrogen (secondary N) is 1. The van der Waals surface area contributed by atoms with Gasteiger partial charge in [-0.2, -0.15) is 0 Å². The van der Waals surface area contributed by atoms with E-state index in [-0.39, 0.29) is 11.4 Å². The van der Waals surface area contributed by atoms with Crippen molar-refractivity contribution in [2.24, 2.45) is 0 Å². The highest BCUT2D eigenvalue weighted by Crippen LogP contribution is 2.22. The van der Waals surface area contributed by atoms with Gasteiger partial charge in [0.25, 0.3) is 0 Å². The SMILES string of the molecule is O=S(=O)(NCc1ccnc(-c2ccco2)c1)c1ccccc1Br. The lowest BCUT2D eigenvalue weighted by Crippen LogP contribution is -2.23. The molecule has 0 unspecified atom stereocenters. The van der Waals surface area contributed by atoms with Crippen molar-refractivity contribution in [2.45, 2.75) is 11.4 Å². The van der Waals surface area contributed by atoms with Crippen LogP contribution in [0.2, 0.25) is 0 Å². The number of benzene rings is 1. The summed E-state index contributed by atoms with van der Waals surface area (Å²) < 4.78 is 33.1. The molecule has 23 heavy (non-hydrogen) atoms. The molecule has 3 rings (SSSR count). The molecule has 3 aromatic rings. The Hall–Kier alpha value is -1.96. The van der Waals surface area contributed by atoms with Gasteiger partial charge in [0.05, 0.1) is 11.2 Å². The third-order valence-electron chi connectivity index (χ3n) is 3.19. The first-order chi connectivity index (χ1) is 11.1. The molecule has 0 bridgehead atoms. The summed E-state index contributed by atoms with van der Waals surface area (Å²) in [4.78, 5) is 4.43. The van der Waals surface area contributed by atoms with Crippen molar-refractivity contribution in [1.29, 1.82) is 0 Å². The van der Waals surface area contributed by atoms with Crippen molar-refractivity contribution in [1.82, 2.24) is 9.71 Å². The van der Waals surface area contributed by atoms with Crippen LogP contribution in [0.5, 0.6) is 0 Å². The summed E-state index contributed by atoms with van der Waals surface area (Å²) in [7, 11) is -3.60. The van der Waals surface area contributed by atoms with Crippen molar-refractivity contribution >= 4 is 26.0 Å². The van der Waals surface area contributed by atoms with Crippen molar-refractivity contribution in [3.63, 3.8) is 0 Å². The van der Waals surface area contributed by atoms with Gasteiger partial charge in [-0.1, -0.05) is 12.1 Å². The van der Waals surface area contributed by atoms with Gasteiger partial charge in [-0.15, -0.1) is 0 Å². The molecule has 0 atom stereocenters. The van der Waals surface area contributed by atoms with Crippen LogP contribution >= 0.6 is 15.9 Å². The number of hydrogen-bond acceptors (Lipinski definition) is 4. The molecule has 1 N–H and O–H groups in total. The normalized spacial score (nSPS) is 11.5. The van der Waals surface area contributed by atoms with Crippen LogP contribution in [0.25, 0.3) is 11.5 Å². The summed E-state index contributed by atoms with van der Waals surface area (Å²) in [5.41, 5.74) is 1.45. The Labute approximate surface area is 142 Å². The topological polar surface area (TPSA) is 72.2 Å². The molecule has 0 radical (unpaired) electrons. The number of furan rings is 1. The molecule has 0 saturated carbocycles. The predicted octanol–water partition coefficient (Wildman–Crippen LogP) is 3.58. The van der Waals surface area contributed by atoms with Gasteiger partial charge in [-0.25, -0.2) is 13.1 Å². The van der Waals surface area contributed by atoms with Gasteiger partial charge in [0, 0.05) is 17.2 Å². The van der Waals surface area contributed by atoms with E-state index in [1.54, 1.807) is 61.0 Å². The van der Waals surface area contributed by atoms with E-state index in [9.17, 15) is 8.42 Å². The molecule has 1 aromatic carbocycles. The maximum Gasteiger partial charge on any atom is 0.241 e. The van der Waals surface area contributed by atoms with Crippen LogP contribution in [0.4, 0.5) is 0 Å². The zero-order valence-corrected chi connectivity index (χ0v) is 14.3. The fourth-order valence-electron chi connectivity index (χ4n) is 2.06. The lowest BCUT2D eigenvalue weighted by Gasteiger charge is -2.09. The number of nitrogens with zero attached hydrogens (tertiary/aromatic N) is 1. The minimum Gasteiger partial charge on any atom is -0.463 e. The number of pyridine rings is 1. The maximum atomic E-state index is 12.4. The van der Waals surface area contributed by atoms with E-state index >= 15 is 0 Å². The van der Waals surface area contributed by atoms with Crippen molar-refractivity contribution in [3.05, 3.63) is 71.0 Å². The van der Waals surface area contributed by atoms with Gasteiger partial charge in [0.2, 0.25) is 10.0 Å². The van der Waals surface area contributed by atoms with Gasteiger partial charge in [0.15, 0.2) is 5.76 Å². The summed E-state index contributed by atoms with van der Waals surface area (Å²) in [5.74, 6) is 0.639. The molecular weight excluding hydrogens is 380 g/mol. The third-order valence-corrected chi connectivity index (χ3v) is 5.60. The standard InChI is InChI=1S/C16H13BrN2O3S/c17-13-4-1-2-6-16(13)23(20,21)19-11-12-7-8-18-14(10-12)15-5-3-9-22-15/h1-10,19H,11H2. The van der Waals surface area contributed by atoms with Crippen LogP contribution in [0.15, 0.2) is 74.8 Å². The summed E-state index contributed by atoms with van der Waals surface area (Å²) in [6.45, 7) is 0.167. The number of rotatable bonds is 5. The summed E-state index contributed by atoms with van der Waals surface area (Å²) >= 11 is 3.25. The molecule has 0 aliphatic rings. The largest absolute Gasteiger partial charge is 0.463 e. The molecule has 5 nitrogen and oxygen atoms in total. The molecule has 0 aliphatic carbocycles. The minimum atomic E-state index is -3.60. The number of aromatic nitrogens is 1. The lowest BCUT2D eigenvalue weighted by molar-refractivity contribution is 0.579. The Morgan fingerprint density at radius 1 is 1.13 bits per heavy atom. The average Bonchev–Trinajstić information content (AvgIpc) is 3.08. The number of sulfonamides is 1. The van der Waals surface area contributed by atoms with E-state index in [0.29, 0.717) is 15.9 Å². The van der Waals surface area contributed by atoms with Crippen LogP contribution in [-0.4, -0.2) is 13.4 Å². The minimum absolute atomic E-state index is 0.167. The van der Waals surface area contributed by atoms with Crippen LogP contribution in [0.1, 0.15) is 5.56 Å². The van der Waals surface area contributed by atoms with Crippen molar-refractivity contribution in [3.8, 4) is 11.5 Å². The second-order valence-electron chi connectivity index (χ2n) is 4.78. The Balaban J connectivity index is 1.78. The first kappa shape index (κ1) is 15.9. The van der Waals surface area contributed by atoms with Crippen LogP contribution < -0.4 is 4.72 Å². The van der Waals surface area contributed by atoms with Gasteiger partial charge < -0.3 is 4.42 Å². The summed E-state index contributed by atoms with van der Waals surface area (Å²) in [5, 5.41) is 0. The smallest absolute Gasteiger partial charge is 0.241 e.